The number of carbonyl (C=O) groups excluding carboxylic acids is 1. The highest BCUT2D eigenvalue weighted by Gasteiger charge is 2.28. The van der Waals surface area contributed by atoms with Crippen molar-refractivity contribution in [3.63, 3.8) is 0 Å². The fourth-order valence-electron chi connectivity index (χ4n) is 3.87. The van der Waals surface area contributed by atoms with E-state index in [2.05, 4.69) is 4.72 Å². The first kappa shape index (κ1) is 23.9. The molecule has 1 aliphatic rings. The molecule has 0 saturated heterocycles. The summed E-state index contributed by atoms with van der Waals surface area (Å²) < 4.78 is 39.5. The molecule has 1 unspecified atom stereocenters. The number of hydrogen-bond donors (Lipinski definition) is 1. The highest BCUT2D eigenvalue weighted by Crippen LogP contribution is 2.30. The number of carbonyl (C=O) groups is 1. The Labute approximate surface area is 204 Å². The largest absolute Gasteiger partial charge is 0.496 e. The monoisotopic (exact) mass is 500 g/mol. The van der Waals surface area contributed by atoms with Crippen LogP contribution in [0.15, 0.2) is 71.6 Å². The number of halogens is 1. The molecule has 9 heteroatoms. The van der Waals surface area contributed by atoms with Crippen LogP contribution in [-0.2, 0) is 27.8 Å². The molecule has 0 radical (unpaired) electrons. The number of anilines is 1. The van der Waals surface area contributed by atoms with Gasteiger partial charge in [0.1, 0.15) is 11.5 Å². The van der Waals surface area contributed by atoms with Crippen molar-refractivity contribution in [2.24, 2.45) is 0 Å². The number of nitrogens with zero attached hydrogens (tertiary/aromatic N) is 1. The smallest absolute Gasteiger partial charge is 0.263 e. The molecule has 0 spiro atoms. The Balaban J connectivity index is 1.56. The van der Waals surface area contributed by atoms with E-state index in [9.17, 15) is 13.2 Å². The summed E-state index contributed by atoms with van der Waals surface area (Å²) >= 11 is 5.95. The summed E-state index contributed by atoms with van der Waals surface area (Å²) in [7, 11) is -2.21. The molecule has 4 rings (SSSR count). The van der Waals surface area contributed by atoms with Crippen LogP contribution in [0.3, 0.4) is 0 Å². The van der Waals surface area contributed by atoms with Crippen molar-refractivity contribution < 1.29 is 22.7 Å². The average Bonchev–Trinajstić information content (AvgIpc) is 2.93. The van der Waals surface area contributed by atoms with E-state index in [4.69, 9.17) is 21.1 Å². The quantitative estimate of drug-likeness (QED) is 0.516. The number of hydrogen-bond acceptors (Lipinski definition) is 5. The fraction of sp³-hybridized carbons (Fsp3) is 0.240. The van der Waals surface area contributed by atoms with Crippen molar-refractivity contribution >= 4 is 33.2 Å². The topological polar surface area (TPSA) is 84.9 Å². The minimum atomic E-state index is -3.83. The second kappa shape index (κ2) is 9.95. The number of fused-ring (bicyclic) bond motifs is 1. The van der Waals surface area contributed by atoms with Crippen molar-refractivity contribution in [3.8, 4) is 11.5 Å². The van der Waals surface area contributed by atoms with Gasteiger partial charge >= 0.3 is 0 Å². The first-order valence-electron chi connectivity index (χ1n) is 10.8. The molecular formula is C25H25ClN2O5S. The van der Waals surface area contributed by atoms with Crippen LogP contribution in [-0.4, -0.2) is 39.0 Å². The third-order valence-corrected chi connectivity index (χ3v) is 7.20. The Morgan fingerprint density at radius 2 is 1.91 bits per heavy atom. The van der Waals surface area contributed by atoms with Crippen molar-refractivity contribution in [1.82, 2.24) is 4.90 Å². The molecule has 0 aromatic heterocycles. The number of ether oxygens (including phenoxy) is 2. The first-order chi connectivity index (χ1) is 16.3. The van der Waals surface area contributed by atoms with E-state index >= 15 is 0 Å². The molecule has 7 nitrogen and oxygen atoms in total. The zero-order valence-electron chi connectivity index (χ0n) is 18.8. The number of nitrogens with one attached hydrogen (secondary N) is 1. The van der Waals surface area contributed by atoms with Gasteiger partial charge in [-0.1, -0.05) is 35.9 Å². The highest BCUT2D eigenvalue weighted by molar-refractivity contribution is 7.92. The molecule has 1 aliphatic heterocycles. The van der Waals surface area contributed by atoms with Gasteiger partial charge in [-0.25, -0.2) is 8.42 Å². The predicted octanol–water partition coefficient (Wildman–Crippen LogP) is 4.50. The van der Waals surface area contributed by atoms with Crippen molar-refractivity contribution in [2.75, 3.05) is 18.4 Å². The van der Waals surface area contributed by atoms with Crippen LogP contribution in [0.5, 0.6) is 11.5 Å². The number of rotatable bonds is 7. The number of benzene rings is 3. The van der Waals surface area contributed by atoms with Crippen molar-refractivity contribution in [2.45, 2.75) is 30.9 Å². The minimum absolute atomic E-state index is 0.0634. The van der Waals surface area contributed by atoms with E-state index in [0.717, 1.165) is 11.3 Å². The zero-order valence-corrected chi connectivity index (χ0v) is 20.4. The van der Waals surface area contributed by atoms with E-state index in [1.807, 2.05) is 24.3 Å². The molecule has 1 N–H and O–H groups in total. The molecule has 0 saturated carbocycles. The predicted molar refractivity (Wildman–Crippen MR) is 131 cm³/mol. The Morgan fingerprint density at radius 1 is 1.12 bits per heavy atom. The summed E-state index contributed by atoms with van der Waals surface area (Å²) in [4.78, 5) is 14.7. The highest BCUT2D eigenvalue weighted by atomic mass is 35.5. The Morgan fingerprint density at radius 3 is 2.68 bits per heavy atom. The van der Waals surface area contributed by atoms with Crippen LogP contribution in [0.1, 0.15) is 18.1 Å². The van der Waals surface area contributed by atoms with Crippen LogP contribution >= 0.6 is 11.6 Å². The lowest BCUT2D eigenvalue weighted by atomic mass is 10.1. The van der Waals surface area contributed by atoms with Crippen LogP contribution in [0.2, 0.25) is 5.02 Å². The summed E-state index contributed by atoms with van der Waals surface area (Å²) in [6, 6.07) is 18.7. The molecule has 178 valence electrons. The van der Waals surface area contributed by atoms with Gasteiger partial charge in [0.05, 0.1) is 12.0 Å². The van der Waals surface area contributed by atoms with Crippen molar-refractivity contribution in [3.05, 3.63) is 82.9 Å². The van der Waals surface area contributed by atoms with Gasteiger partial charge in [0.25, 0.3) is 15.9 Å². The normalized spacial score (nSPS) is 15.8. The Kier molecular flexibility index (Phi) is 7.00. The minimum Gasteiger partial charge on any atom is -0.496 e. The van der Waals surface area contributed by atoms with E-state index in [-0.39, 0.29) is 10.8 Å². The van der Waals surface area contributed by atoms with E-state index < -0.39 is 16.1 Å². The van der Waals surface area contributed by atoms with Crippen LogP contribution in [0.4, 0.5) is 5.69 Å². The maximum atomic E-state index is 13.0. The summed E-state index contributed by atoms with van der Waals surface area (Å²) in [5.74, 6) is 1.19. The van der Waals surface area contributed by atoms with Gasteiger partial charge < -0.3 is 14.4 Å². The number of para-hydroxylation sites is 1. The molecule has 0 fully saturated rings. The van der Waals surface area contributed by atoms with E-state index in [1.165, 1.54) is 12.1 Å². The van der Waals surface area contributed by atoms with Gasteiger partial charge in [-0.05, 0) is 61.4 Å². The van der Waals surface area contributed by atoms with Gasteiger partial charge in [0, 0.05) is 29.4 Å². The standard InChI is InChI=1S/C25H25ClN2O5S/c1-17-25(29)28(13-12-18-6-3-4-9-23(18)32-2)16-19-14-21(10-11-24(19)33-17)27-34(30,31)22-8-5-7-20(26)15-22/h3-11,14-15,17,27H,12-13,16H2,1-2H3. The van der Waals surface area contributed by atoms with E-state index in [0.29, 0.717) is 41.5 Å². The van der Waals surface area contributed by atoms with Gasteiger partial charge in [-0.3, -0.25) is 9.52 Å². The second-order valence-corrected chi connectivity index (χ2v) is 10.1. The lowest BCUT2D eigenvalue weighted by Gasteiger charge is -2.22. The second-order valence-electron chi connectivity index (χ2n) is 7.97. The zero-order chi connectivity index (χ0) is 24.3. The summed E-state index contributed by atoms with van der Waals surface area (Å²) in [6.07, 6.45) is -0.0493. The third-order valence-electron chi connectivity index (χ3n) is 5.59. The number of sulfonamides is 1. The van der Waals surface area contributed by atoms with E-state index in [1.54, 1.807) is 49.3 Å². The third kappa shape index (κ3) is 5.29. The lowest BCUT2D eigenvalue weighted by molar-refractivity contribution is -0.137. The fourth-order valence-corrected chi connectivity index (χ4v) is 5.22. The summed E-state index contributed by atoms with van der Waals surface area (Å²) in [6.45, 7) is 2.47. The molecule has 0 aliphatic carbocycles. The molecule has 3 aromatic rings. The van der Waals surface area contributed by atoms with Gasteiger partial charge in [0.15, 0.2) is 6.10 Å². The molecule has 1 amide bonds. The molecule has 0 bridgehead atoms. The van der Waals surface area contributed by atoms with Crippen LogP contribution in [0, 0.1) is 0 Å². The summed E-state index contributed by atoms with van der Waals surface area (Å²) in [5, 5.41) is 0.330. The molecule has 34 heavy (non-hydrogen) atoms. The Hall–Kier alpha value is -3.23. The van der Waals surface area contributed by atoms with Gasteiger partial charge in [-0.2, -0.15) is 0 Å². The van der Waals surface area contributed by atoms with Crippen LogP contribution < -0.4 is 14.2 Å². The molecule has 3 aromatic carbocycles. The average molecular weight is 501 g/mol. The number of amides is 1. The Bertz CT molecular complexity index is 1310. The van der Waals surface area contributed by atoms with Gasteiger partial charge in [0.2, 0.25) is 0 Å². The SMILES string of the molecule is COc1ccccc1CCN1Cc2cc(NS(=O)(=O)c3cccc(Cl)c3)ccc2OC(C)C1=O. The lowest BCUT2D eigenvalue weighted by Crippen LogP contribution is -2.39. The number of methoxy groups -OCH3 is 1. The molecule has 1 heterocycles. The first-order valence-corrected chi connectivity index (χ1v) is 12.6. The van der Waals surface area contributed by atoms with Gasteiger partial charge in [-0.15, -0.1) is 0 Å². The maximum absolute atomic E-state index is 13.0. The molecule has 1 atom stereocenters. The molecular weight excluding hydrogens is 476 g/mol. The maximum Gasteiger partial charge on any atom is 0.263 e. The summed E-state index contributed by atoms with van der Waals surface area (Å²) in [5.41, 5.74) is 2.08. The van der Waals surface area contributed by atoms with Crippen molar-refractivity contribution in [1.29, 1.82) is 0 Å². The van der Waals surface area contributed by atoms with Crippen LogP contribution in [0.25, 0.3) is 0 Å².